The first-order valence-electron chi connectivity index (χ1n) is 25.3. The fourth-order valence-corrected chi connectivity index (χ4v) is 9.84. The molecule has 0 aliphatic carbocycles. The number of nitrogens with zero attached hydrogens (tertiary/aromatic N) is 9. The maximum absolute atomic E-state index is 13.6. The molecule has 22 heteroatoms. The predicted octanol–water partition coefficient (Wildman–Crippen LogP) is 1.11. The number of carboxylic acids is 2. The summed E-state index contributed by atoms with van der Waals surface area (Å²) in [6.07, 6.45) is 3.43. The maximum Gasteiger partial charge on any atom is 0.317 e. The van der Waals surface area contributed by atoms with Crippen molar-refractivity contribution in [2.45, 2.75) is 18.9 Å². The van der Waals surface area contributed by atoms with Crippen LogP contribution in [0.4, 0.5) is 0 Å². The number of ketones is 1. The zero-order valence-corrected chi connectivity index (χ0v) is 41.8. The number of carboxylic acid groups (broad SMARTS) is 2. The van der Waals surface area contributed by atoms with Crippen LogP contribution in [0.2, 0.25) is 0 Å². The number of hydrogen-bond acceptors (Lipinski definition) is 16. The van der Waals surface area contributed by atoms with Gasteiger partial charge < -0.3 is 39.9 Å². The lowest BCUT2D eigenvalue weighted by molar-refractivity contribution is -0.140. The van der Waals surface area contributed by atoms with Crippen molar-refractivity contribution >= 4 is 69.6 Å². The summed E-state index contributed by atoms with van der Waals surface area (Å²) in [4.78, 5) is 124. The van der Waals surface area contributed by atoms with Crippen LogP contribution >= 0.6 is 0 Å². The summed E-state index contributed by atoms with van der Waals surface area (Å²) >= 11 is 0. The number of aliphatic carboxylic acids is 2. The number of fused-ring (bicyclic) bond motifs is 2. The number of carbonyl (C=O) groups is 8. The zero-order valence-electron chi connectivity index (χ0n) is 41.8. The molecule has 3 aromatic carbocycles. The van der Waals surface area contributed by atoms with Gasteiger partial charge in [0.25, 0.3) is 17.7 Å². The Balaban J connectivity index is 0.794. The summed E-state index contributed by atoms with van der Waals surface area (Å²) in [7, 11) is 0. The standard InChI is InChI=1S/C53H63N11O11/c65-30-29-59-17-19-60(21-22-62(36-49(70)71)24-23-61(20-18-59)35-48(68)69)34-47(67)63-27-25-58(26-28-63)16-14-55-51(73)39-6-3-5-37(31-39)38-10-11-40-41(12-13-54-43(40)32-38)52(74)56-33-46(66)64-15-4-8-44(64)50(72)53-57-42-7-1-2-9-45(42)75-53/h1-3,5-7,9-13,30-32,44H,4,8,14-29,33-36H2,(H,55,73)(H,56,74)(H,68,69)(H,70,71)/t44-/m0/s1. The maximum atomic E-state index is 13.6. The first-order valence-corrected chi connectivity index (χ1v) is 25.3. The quantitative estimate of drug-likeness (QED) is 0.0708. The average molecular weight is 1030 g/mol. The van der Waals surface area contributed by atoms with Crippen LogP contribution in [0.3, 0.4) is 0 Å². The van der Waals surface area contributed by atoms with Crippen molar-refractivity contribution in [3.05, 3.63) is 96.0 Å². The summed E-state index contributed by atoms with van der Waals surface area (Å²) < 4.78 is 5.68. The second kappa shape index (κ2) is 25.6. The second-order valence-electron chi connectivity index (χ2n) is 19.0. The number of amides is 4. The van der Waals surface area contributed by atoms with Crippen molar-refractivity contribution in [3.8, 4) is 11.1 Å². The van der Waals surface area contributed by atoms with Crippen molar-refractivity contribution in [3.63, 3.8) is 0 Å². The van der Waals surface area contributed by atoms with Crippen molar-refractivity contribution in [2.24, 2.45) is 0 Å². The number of benzene rings is 3. The van der Waals surface area contributed by atoms with Gasteiger partial charge in [-0.3, -0.25) is 63.0 Å². The van der Waals surface area contributed by atoms with E-state index in [1.807, 2.05) is 32.9 Å². The number of aldehydes is 1. The van der Waals surface area contributed by atoms with Gasteiger partial charge in [0, 0.05) is 115 Å². The molecule has 3 aliphatic heterocycles. The smallest absolute Gasteiger partial charge is 0.317 e. The molecule has 396 valence electrons. The predicted molar refractivity (Wildman–Crippen MR) is 275 cm³/mol. The van der Waals surface area contributed by atoms with E-state index in [1.54, 1.807) is 64.4 Å². The molecule has 1 atom stereocenters. The third kappa shape index (κ3) is 14.4. The number of rotatable bonds is 18. The van der Waals surface area contributed by atoms with Crippen LogP contribution in [0, 0.1) is 0 Å². The molecule has 0 bridgehead atoms. The molecule has 2 aromatic heterocycles. The molecule has 3 fully saturated rings. The summed E-state index contributed by atoms with van der Waals surface area (Å²) in [5.41, 5.74) is 3.93. The normalized spacial score (nSPS) is 18.1. The minimum Gasteiger partial charge on any atom is -0.480 e. The molecule has 22 nitrogen and oxygen atoms in total. The highest BCUT2D eigenvalue weighted by Crippen LogP contribution is 2.27. The van der Waals surface area contributed by atoms with Crippen LogP contribution < -0.4 is 10.6 Å². The van der Waals surface area contributed by atoms with Crippen molar-refractivity contribution in [2.75, 3.05) is 131 Å². The van der Waals surface area contributed by atoms with E-state index in [1.165, 1.54) is 11.1 Å². The topological polar surface area (TPSA) is 263 Å². The van der Waals surface area contributed by atoms with Gasteiger partial charge in [-0.25, -0.2) is 4.98 Å². The number of Topliss-reactive ketones (excluding diaryl/α,β-unsaturated/α-hetero) is 1. The third-order valence-corrected chi connectivity index (χ3v) is 14.0. The number of aromatic nitrogens is 2. The first-order chi connectivity index (χ1) is 36.3. The van der Waals surface area contributed by atoms with E-state index < -0.39 is 23.9 Å². The number of likely N-dealkylation sites (tertiary alicyclic amines) is 1. The van der Waals surface area contributed by atoms with E-state index in [2.05, 4.69) is 25.5 Å². The highest BCUT2D eigenvalue weighted by atomic mass is 16.4. The Hall–Kier alpha value is -7.50. The summed E-state index contributed by atoms with van der Waals surface area (Å²) in [6.45, 7) is 6.42. The minimum atomic E-state index is -0.993. The van der Waals surface area contributed by atoms with Gasteiger partial charge >= 0.3 is 11.9 Å². The number of para-hydroxylation sites is 2. The van der Waals surface area contributed by atoms with E-state index >= 15 is 0 Å². The Kier molecular flexibility index (Phi) is 18.4. The molecule has 8 rings (SSSR count). The van der Waals surface area contributed by atoms with Gasteiger partial charge in [0.2, 0.25) is 17.6 Å². The monoisotopic (exact) mass is 1030 g/mol. The molecule has 0 unspecified atom stereocenters. The number of pyridine rings is 1. The Morgan fingerprint density at radius 2 is 1.29 bits per heavy atom. The average Bonchev–Trinajstić information content (AvgIpc) is 4.09. The number of nitrogens with one attached hydrogen (secondary N) is 2. The van der Waals surface area contributed by atoms with Crippen LogP contribution in [0.25, 0.3) is 33.1 Å². The fourth-order valence-electron chi connectivity index (χ4n) is 9.84. The summed E-state index contributed by atoms with van der Waals surface area (Å²) in [5, 5.41) is 25.3. The molecular weight excluding hydrogens is 967 g/mol. The first kappa shape index (κ1) is 53.8. The Morgan fingerprint density at radius 1 is 0.640 bits per heavy atom. The number of piperazine rings is 1. The fraction of sp³-hybridized carbons (Fsp3) is 0.434. The molecule has 75 heavy (non-hydrogen) atoms. The van der Waals surface area contributed by atoms with E-state index in [-0.39, 0.29) is 62.1 Å². The van der Waals surface area contributed by atoms with Gasteiger partial charge in [0.05, 0.1) is 43.8 Å². The van der Waals surface area contributed by atoms with E-state index in [9.17, 15) is 48.6 Å². The molecule has 0 spiro atoms. The number of carbonyl (C=O) groups excluding carboxylic acids is 6. The van der Waals surface area contributed by atoms with Gasteiger partial charge in [0.1, 0.15) is 17.8 Å². The molecule has 0 saturated carbocycles. The van der Waals surface area contributed by atoms with Gasteiger partial charge in [0.15, 0.2) is 5.58 Å². The highest BCUT2D eigenvalue weighted by Gasteiger charge is 2.37. The van der Waals surface area contributed by atoms with Gasteiger partial charge in [-0.2, -0.15) is 0 Å². The second-order valence-corrected chi connectivity index (χ2v) is 19.0. The minimum absolute atomic E-state index is 0.0474. The van der Waals surface area contributed by atoms with Crippen LogP contribution in [0.15, 0.2) is 83.4 Å². The van der Waals surface area contributed by atoms with Crippen LogP contribution in [-0.4, -0.2) is 239 Å². The zero-order chi connectivity index (χ0) is 52.8. The van der Waals surface area contributed by atoms with Crippen LogP contribution in [0.5, 0.6) is 0 Å². The molecule has 5 aromatic rings. The molecule has 3 aliphatic rings. The highest BCUT2D eigenvalue weighted by molar-refractivity contribution is 6.08. The lowest BCUT2D eigenvalue weighted by atomic mass is 9.99. The molecule has 0 radical (unpaired) electrons. The molecule has 3 saturated heterocycles. The number of hydrogen-bond donors (Lipinski definition) is 4. The van der Waals surface area contributed by atoms with Gasteiger partial charge in [-0.1, -0.05) is 36.4 Å². The SMILES string of the molecule is O=CCN1CCN(CC(=O)O)CCN(CC(=O)O)CCN(CC(=O)N2CCN(CCNC(=O)c3cccc(-c4ccc5c(C(=O)NCC(=O)N6CCC[C@H]6C(=O)c6nc7ccccc7o6)ccnc5c4)c3)CC2)CC1. The molecule has 5 heterocycles. The Bertz CT molecular complexity index is 2850. The Labute approximate surface area is 433 Å². The lowest BCUT2D eigenvalue weighted by Crippen LogP contribution is -2.53. The summed E-state index contributed by atoms with van der Waals surface area (Å²) in [6, 6.07) is 20.6. The Morgan fingerprint density at radius 3 is 1.97 bits per heavy atom. The number of oxazole rings is 1. The van der Waals surface area contributed by atoms with E-state index in [0.717, 1.165) is 17.4 Å². The van der Waals surface area contributed by atoms with Gasteiger partial charge in [-0.05, 0) is 60.4 Å². The molecule has 4 amide bonds. The lowest BCUT2D eigenvalue weighted by Gasteiger charge is -2.37. The third-order valence-electron chi connectivity index (χ3n) is 14.0. The van der Waals surface area contributed by atoms with Gasteiger partial charge in [-0.15, -0.1) is 0 Å². The molecule has 4 N–H and O–H groups in total. The van der Waals surface area contributed by atoms with Crippen LogP contribution in [-0.2, 0) is 24.0 Å². The van der Waals surface area contributed by atoms with Crippen molar-refractivity contribution < 1.29 is 53.0 Å². The van der Waals surface area contributed by atoms with Crippen molar-refractivity contribution in [1.82, 2.24) is 54.9 Å². The van der Waals surface area contributed by atoms with E-state index in [0.29, 0.717) is 144 Å². The van der Waals surface area contributed by atoms with Crippen LogP contribution in [0.1, 0.15) is 44.2 Å². The summed E-state index contributed by atoms with van der Waals surface area (Å²) in [5.74, 6) is -3.55. The molecular formula is C53H63N11O11. The van der Waals surface area contributed by atoms with Crippen molar-refractivity contribution in [1.29, 1.82) is 0 Å². The largest absolute Gasteiger partial charge is 0.480 e. The van der Waals surface area contributed by atoms with E-state index in [4.69, 9.17) is 4.42 Å².